The summed E-state index contributed by atoms with van der Waals surface area (Å²) in [5.41, 5.74) is 0.763. The number of halogens is 2. The van der Waals surface area contributed by atoms with E-state index in [4.69, 9.17) is 0 Å². The van der Waals surface area contributed by atoms with E-state index in [0.29, 0.717) is 39.1 Å². The van der Waals surface area contributed by atoms with Crippen molar-refractivity contribution in [3.05, 3.63) is 64.7 Å². The number of alkyl halides is 2. The minimum absolute atomic E-state index is 0.184. The van der Waals surface area contributed by atoms with Gasteiger partial charge in [-0.3, -0.25) is 14.2 Å². The largest absolute Gasteiger partial charge is 0.325 e. The summed E-state index contributed by atoms with van der Waals surface area (Å²) in [5.74, 6) is -2.46. The van der Waals surface area contributed by atoms with E-state index in [2.05, 4.69) is 10.3 Å². The number of thioether (sulfide) groups is 1. The summed E-state index contributed by atoms with van der Waals surface area (Å²) in [6.45, 7) is 1.48. The summed E-state index contributed by atoms with van der Waals surface area (Å²) in [4.78, 5) is 29.6. The average Bonchev–Trinajstić information content (AvgIpc) is 2.60. The molecular weight excluding hydrogens is 360 g/mol. The standard InChI is InChI=1S/C18H15F2N3O2S/c1-11-21-15-5-3-2-4-14(15)17(25)23(11)10-16(24)22-12-6-8-13(9-7-12)26-18(19)20/h2-9,18H,10H2,1H3,(H,22,24). The van der Waals surface area contributed by atoms with Crippen LogP contribution in [0.5, 0.6) is 0 Å². The number of fused-ring (bicyclic) bond motifs is 1. The maximum Gasteiger partial charge on any atom is 0.288 e. The molecule has 0 spiro atoms. The molecule has 0 saturated heterocycles. The molecule has 5 nitrogen and oxygen atoms in total. The van der Waals surface area contributed by atoms with Gasteiger partial charge in [0.25, 0.3) is 11.3 Å². The number of benzene rings is 2. The third-order valence-corrected chi connectivity index (χ3v) is 4.44. The fourth-order valence-corrected chi connectivity index (χ4v) is 3.03. The summed E-state index contributed by atoms with van der Waals surface area (Å²) in [5, 5.41) is 3.09. The molecule has 8 heteroatoms. The van der Waals surface area contributed by atoms with Gasteiger partial charge in [0.2, 0.25) is 5.91 Å². The Hall–Kier alpha value is -2.74. The van der Waals surface area contributed by atoms with Crippen LogP contribution in [-0.2, 0) is 11.3 Å². The highest BCUT2D eigenvalue weighted by atomic mass is 32.2. The molecule has 0 saturated carbocycles. The Labute approximate surface area is 152 Å². The molecule has 1 heterocycles. The fourth-order valence-electron chi connectivity index (χ4n) is 2.53. The average molecular weight is 375 g/mol. The molecule has 134 valence electrons. The number of aromatic nitrogens is 2. The number of hydrogen-bond acceptors (Lipinski definition) is 4. The summed E-state index contributed by atoms with van der Waals surface area (Å²) < 4.78 is 25.9. The van der Waals surface area contributed by atoms with E-state index < -0.39 is 11.7 Å². The zero-order valence-corrected chi connectivity index (χ0v) is 14.6. The number of para-hydroxylation sites is 1. The highest BCUT2D eigenvalue weighted by Crippen LogP contribution is 2.26. The lowest BCUT2D eigenvalue weighted by molar-refractivity contribution is -0.116. The van der Waals surface area contributed by atoms with Gasteiger partial charge in [-0.05, 0) is 43.3 Å². The summed E-state index contributed by atoms with van der Waals surface area (Å²) in [7, 11) is 0. The quantitative estimate of drug-likeness (QED) is 0.692. The molecular formula is C18H15F2N3O2S. The second-order valence-electron chi connectivity index (χ2n) is 5.52. The van der Waals surface area contributed by atoms with Gasteiger partial charge in [-0.25, -0.2) is 4.98 Å². The van der Waals surface area contributed by atoms with Crippen LogP contribution < -0.4 is 10.9 Å². The second kappa shape index (κ2) is 7.65. The van der Waals surface area contributed by atoms with E-state index in [1.165, 1.54) is 28.8 Å². The minimum Gasteiger partial charge on any atom is -0.325 e. The van der Waals surface area contributed by atoms with Crippen molar-refractivity contribution in [1.82, 2.24) is 9.55 Å². The van der Waals surface area contributed by atoms with E-state index in [9.17, 15) is 18.4 Å². The van der Waals surface area contributed by atoms with Gasteiger partial charge in [0.1, 0.15) is 12.4 Å². The maximum atomic E-state index is 12.6. The highest BCUT2D eigenvalue weighted by Gasteiger charge is 2.12. The molecule has 26 heavy (non-hydrogen) atoms. The number of aryl methyl sites for hydroxylation is 1. The third kappa shape index (κ3) is 4.08. The Kier molecular flexibility index (Phi) is 5.32. The van der Waals surface area contributed by atoms with Crippen molar-refractivity contribution in [2.75, 3.05) is 5.32 Å². The van der Waals surface area contributed by atoms with Crippen LogP contribution >= 0.6 is 11.8 Å². The summed E-state index contributed by atoms with van der Waals surface area (Å²) >= 11 is 0.434. The lowest BCUT2D eigenvalue weighted by Gasteiger charge is -2.11. The Balaban J connectivity index is 1.76. The van der Waals surface area contributed by atoms with Crippen molar-refractivity contribution >= 4 is 34.3 Å². The zero-order valence-electron chi connectivity index (χ0n) is 13.8. The van der Waals surface area contributed by atoms with E-state index in [-0.39, 0.29) is 12.1 Å². The summed E-state index contributed by atoms with van der Waals surface area (Å²) in [6.07, 6.45) is 0. The van der Waals surface area contributed by atoms with Crippen LogP contribution in [0.1, 0.15) is 5.82 Å². The maximum absolute atomic E-state index is 12.6. The van der Waals surface area contributed by atoms with Crippen LogP contribution in [-0.4, -0.2) is 21.2 Å². The van der Waals surface area contributed by atoms with E-state index >= 15 is 0 Å². The number of carbonyl (C=O) groups excluding carboxylic acids is 1. The minimum atomic E-state index is -2.49. The first-order valence-corrected chi connectivity index (χ1v) is 8.63. The van der Waals surface area contributed by atoms with Crippen molar-refractivity contribution in [2.45, 2.75) is 24.1 Å². The van der Waals surface area contributed by atoms with Crippen molar-refractivity contribution in [1.29, 1.82) is 0 Å². The topological polar surface area (TPSA) is 64.0 Å². The van der Waals surface area contributed by atoms with Crippen LogP contribution in [0.3, 0.4) is 0 Å². The molecule has 3 rings (SSSR count). The van der Waals surface area contributed by atoms with Crippen molar-refractivity contribution in [3.8, 4) is 0 Å². The van der Waals surface area contributed by atoms with E-state index in [1.807, 2.05) is 0 Å². The molecule has 0 bridgehead atoms. The van der Waals surface area contributed by atoms with E-state index in [1.54, 1.807) is 31.2 Å². The predicted molar refractivity (Wildman–Crippen MR) is 97.7 cm³/mol. The molecule has 1 aromatic heterocycles. The number of anilines is 1. The van der Waals surface area contributed by atoms with Crippen LogP contribution in [0.15, 0.2) is 58.2 Å². The van der Waals surface area contributed by atoms with Crippen LogP contribution in [0.4, 0.5) is 14.5 Å². The number of carbonyl (C=O) groups is 1. The molecule has 0 aliphatic heterocycles. The van der Waals surface area contributed by atoms with E-state index in [0.717, 1.165) is 0 Å². The number of amides is 1. The second-order valence-corrected chi connectivity index (χ2v) is 6.58. The lowest BCUT2D eigenvalue weighted by Crippen LogP contribution is -2.30. The molecule has 0 unspecified atom stereocenters. The first kappa shape index (κ1) is 18.1. The van der Waals surface area contributed by atoms with Gasteiger partial charge in [0.05, 0.1) is 10.9 Å². The molecule has 0 aliphatic rings. The molecule has 0 fully saturated rings. The lowest BCUT2D eigenvalue weighted by atomic mass is 10.2. The van der Waals surface area contributed by atoms with Gasteiger partial charge >= 0.3 is 0 Å². The fraction of sp³-hybridized carbons (Fsp3) is 0.167. The Morgan fingerprint density at radius 3 is 2.58 bits per heavy atom. The number of nitrogens with one attached hydrogen (secondary N) is 1. The molecule has 1 amide bonds. The zero-order chi connectivity index (χ0) is 18.7. The van der Waals surface area contributed by atoms with Crippen LogP contribution in [0.25, 0.3) is 10.9 Å². The van der Waals surface area contributed by atoms with Gasteiger partial charge < -0.3 is 5.32 Å². The molecule has 2 aromatic carbocycles. The number of nitrogens with zero attached hydrogens (tertiary/aromatic N) is 2. The third-order valence-electron chi connectivity index (χ3n) is 3.72. The SMILES string of the molecule is Cc1nc2ccccc2c(=O)n1CC(=O)Nc1ccc(SC(F)F)cc1. The molecule has 0 atom stereocenters. The smallest absolute Gasteiger partial charge is 0.288 e. The highest BCUT2D eigenvalue weighted by molar-refractivity contribution is 7.99. The van der Waals surface area contributed by atoms with Gasteiger partial charge in [-0.1, -0.05) is 23.9 Å². The first-order chi connectivity index (χ1) is 12.4. The van der Waals surface area contributed by atoms with Crippen LogP contribution in [0, 0.1) is 6.92 Å². The normalized spacial score (nSPS) is 11.1. The van der Waals surface area contributed by atoms with Gasteiger partial charge in [0.15, 0.2) is 0 Å². The molecule has 3 aromatic rings. The monoisotopic (exact) mass is 375 g/mol. The molecule has 0 aliphatic carbocycles. The Morgan fingerprint density at radius 2 is 1.88 bits per heavy atom. The summed E-state index contributed by atoms with van der Waals surface area (Å²) in [6, 6.07) is 13.0. The first-order valence-electron chi connectivity index (χ1n) is 7.75. The van der Waals surface area contributed by atoms with Gasteiger partial charge in [0, 0.05) is 10.6 Å². The molecule has 1 N–H and O–H groups in total. The number of hydrogen-bond donors (Lipinski definition) is 1. The van der Waals surface area contributed by atoms with Crippen molar-refractivity contribution < 1.29 is 13.6 Å². The van der Waals surface area contributed by atoms with Crippen LogP contribution in [0.2, 0.25) is 0 Å². The number of rotatable bonds is 5. The van der Waals surface area contributed by atoms with Gasteiger partial charge in [-0.15, -0.1) is 0 Å². The Morgan fingerprint density at radius 1 is 1.19 bits per heavy atom. The Bertz CT molecular complexity index is 1000. The molecule has 0 radical (unpaired) electrons. The van der Waals surface area contributed by atoms with Gasteiger partial charge in [-0.2, -0.15) is 8.78 Å². The van der Waals surface area contributed by atoms with Crippen molar-refractivity contribution in [2.24, 2.45) is 0 Å². The predicted octanol–water partition coefficient (Wildman–Crippen LogP) is 3.66. The van der Waals surface area contributed by atoms with Crippen molar-refractivity contribution in [3.63, 3.8) is 0 Å².